The van der Waals surface area contributed by atoms with Crippen LogP contribution in [0.2, 0.25) is 5.02 Å². The van der Waals surface area contributed by atoms with Crippen molar-refractivity contribution in [3.05, 3.63) is 23.2 Å². The van der Waals surface area contributed by atoms with Gasteiger partial charge in [0.15, 0.2) is 0 Å². The molecule has 1 amide bonds. The normalized spacial score (nSPS) is 18.7. The number of halogens is 1. The number of benzene rings is 1. The maximum absolute atomic E-state index is 11.9. The third-order valence-corrected chi connectivity index (χ3v) is 3.22. The SMILES string of the molecule is CN(C)c1ccc(NC(=O)[C@H]2CCCO2)cc1Cl. The molecule has 0 aromatic heterocycles. The van der Waals surface area contributed by atoms with Gasteiger partial charge in [0.1, 0.15) is 6.10 Å². The van der Waals surface area contributed by atoms with Gasteiger partial charge in [0, 0.05) is 26.4 Å². The summed E-state index contributed by atoms with van der Waals surface area (Å²) in [7, 11) is 3.84. The van der Waals surface area contributed by atoms with Crippen LogP contribution in [0.25, 0.3) is 0 Å². The number of nitrogens with one attached hydrogen (secondary N) is 1. The topological polar surface area (TPSA) is 41.6 Å². The first kappa shape index (κ1) is 13.2. The van der Waals surface area contributed by atoms with Gasteiger partial charge in [0.05, 0.1) is 10.7 Å². The van der Waals surface area contributed by atoms with Crippen molar-refractivity contribution in [2.45, 2.75) is 18.9 Å². The van der Waals surface area contributed by atoms with E-state index in [9.17, 15) is 4.79 Å². The first-order valence-electron chi connectivity index (χ1n) is 5.97. The summed E-state index contributed by atoms with van der Waals surface area (Å²) in [6.45, 7) is 0.665. The second-order valence-electron chi connectivity index (χ2n) is 4.55. The Kier molecular flexibility index (Phi) is 4.09. The Morgan fingerprint density at radius 2 is 2.28 bits per heavy atom. The van der Waals surface area contributed by atoms with Crippen LogP contribution < -0.4 is 10.2 Å². The molecular formula is C13H17ClN2O2. The fourth-order valence-corrected chi connectivity index (χ4v) is 2.30. The number of hydrogen-bond donors (Lipinski definition) is 1. The van der Waals surface area contributed by atoms with E-state index in [1.54, 1.807) is 6.07 Å². The van der Waals surface area contributed by atoms with Crippen LogP contribution in [-0.2, 0) is 9.53 Å². The molecular weight excluding hydrogens is 252 g/mol. The number of nitrogens with zero attached hydrogens (tertiary/aromatic N) is 1. The summed E-state index contributed by atoms with van der Waals surface area (Å²) in [6, 6.07) is 5.48. The Bertz CT molecular complexity index is 443. The summed E-state index contributed by atoms with van der Waals surface area (Å²) >= 11 is 6.14. The van der Waals surface area contributed by atoms with E-state index in [2.05, 4.69) is 5.32 Å². The zero-order valence-corrected chi connectivity index (χ0v) is 11.3. The van der Waals surface area contributed by atoms with Gasteiger partial charge in [-0.05, 0) is 31.0 Å². The highest BCUT2D eigenvalue weighted by Gasteiger charge is 2.23. The zero-order chi connectivity index (χ0) is 13.1. The van der Waals surface area contributed by atoms with E-state index < -0.39 is 0 Å². The lowest BCUT2D eigenvalue weighted by Gasteiger charge is -2.16. The summed E-state index contributed by atoms with van der Waals surface area (Å²) in [5, 5.41) is 3.44. The number of ether oxygens (including phenoxy) is 1. The van der Waals surface area contributed by atoms with Gasteiger partial charge in [-0.3, -0.25) is 4.79 Å². The molecule has 1 saturated heterocycles. The standard InChI is InChI=1S/C13H17ClN2O2/c1-16(2)11-6-5-9(8-10(11)14)15-13(17)12-4-3-7-18-12/h5-6,8,12H,3-4,7H2,1-2H3,(H,15,17)/t12-/m1/s1. The van der Waals surface area contributed by atoms with E-state index in [0.29, 0.717) is 17.3 Å². The average molecular weight is 269 g/mol. The molecule has 98 valence electrons. The second kappa shape index (κ2) is 5.59. The minimum atomic E-state index is -0.322. The quantitative estimate of drug-likeness (QED) is 0.916. The summed E-state index contributed by atoms with van der Waals surface area (Å²) in [4.78, 5) is 13.8. The monoisotopic (exact) mass is 268 g/mol. The van der Waals surface area contributed by atoms with E-state index in [1.165, 1.54) is 0 Å². The fraction of sp³-hybridized carbons (Fsp3) is 0.462. The van der Waals surface area contributed by atoms with Crippen molar-refractivity contribution in [2.24, 2.45) is 0 Å². The summed E-state index contributed by atoms with van der Waals surface area (Å²) in [5.74, 6) is -0.0961. The van der Waals surface area contributed by atoms with Crippen molar-refractivity contribution in [3.63, 3.8) is 0 Å². The van der Waals surface area contributed by atoms with Gasteiger partial charge in [-0.1, -0.05) is 11.6 Å². The number of hydrogen-bond acceptors (Lipinski definition) is 3. The third kappa shape index (κ3) is 2.94. The van der Waals surface area contributed by atoms with Crippen LogP contribution in [-0.4, -0.2) is 32.7 Å². The molecule has 0 radical (unpaired) electrons. The number of anilines is 2. The van der Waals surface area contributed by atoms with Crippen LogP contribution in [0, 0.1) is 0 Å². The zero-order valence-electron chi connectivity index (χ0n) is 10.6. The van der Waals surface area contributed by atoms with Crippen molar-refractivity contribution in [2.75, 3.05) is 30.9 Å². The predicted octanol–water partition coefficient (Wildman–Crippen LogP) is 2.52. The van der Waals surface area contributed by atoms with E-state index in [1.807, 2.05) is 31.1 Å². The fourth-order valence-electron chi connectivity index (χ4n) is 1.95. The lowest BCUT2D eigenvalue weighted by molar-refractivity contribution is -0.124. The highest BCUT2D eigenvalue weighted by Crippen LogP contribution is 2.27. The molecule has 0 spiro atoms. The summed E-state index contributed by atoms with van der Waals surface area (Å²) < 4.78 is 5.33. The molecule has 2 rings (SSSR count). The first-order chi connectivity index (χ1) is 8.58. The van der Waals surface area contributed by atoms with Gasteiger partial charge in [-0.2, -0.15) is 0 Å². The van der Waals surface area contributed by atoms with Gasteiger partial charge < -0.3 is 15.0 Å². The van der Waals surface area contributed by atoms with Gasteiger partial charge >= 0.3 is 0 Å². The molecule has 18 heavy (non-hydrogen) atoms. The van der Waals surface area contributed by atoms with E-state index in [-0.39, 0.29) is 12.0 Å². The molecule has 0 unspecified atom stereocenters. The largest absolute Gasteiger partial charge is 0.376 e. The molecule has 1 atom stereocenters. The van der Waals surface area contributed by atoms with Crippen molar-refractivity contribution in [1.29, 1.82) is 0 Å². The van der Waals surface area contributed by atoms with E-state index in [0.717, 1.165) is 18.5 Å². The lowest BCUT2D eigenvalue weighted by atomic mass is 10.2. The van der Waals surface area contributed by atoms with Crippen LogP contribution >= 0.6 is 11.6 Å². The van der Waals surface area contributed by atoms with Crippen molar-refractivity contribution in [3.8, 4) is 0 Å². The Balaban J connectivity index is 2.05. The Morgan fingerprint density at radius 3 is 2.83 bits per heavy atom. The second-order valence-corrected chi connectivity index (χ2v) is 4.96. The van der Waals surface area contributed by atoms with Crippen molar-refractivity contribution >= 4 is 28.9 Å². The predicted molar refractivity (Wildman–Crippen MR) is 73.4 cm³/mol. The highest BCUT2D eigenvalue weighted by atomic mass is 35.5. The Morgan fingerprint density at radius 1 is 1.50 bits per heavy atom. The maximum Gasteiger partial charge on any atom is 0.253 e. The van der Waals surface area contributed by atoms with Crippen molar-refractivity contribution < 1.29 is 9.53 Å². The first-order valence-corrected chi connectivity index (χ1v) is 6.35. The van der Waals surface area contributed by atoms with Crippen LogP contribution in [0.1, 0.15) is 12.8 Å². The molecule has 0 bridgehead atoms. The Labute approximate surface area is 112 Å². The minimum Gasteiger partial charge on any atom is -0.376 e. The third-order valence-electron chi connectivity index (χ3n) is 2.92. The number of carbonyl (C=O) groups excluding carboxylic acids is 1. The molecule has 1 fully saturated rings. The summed E-state index contributed by atoms with van der Waals surface area (Å²) in [5.41, 5.74) is 1.62. The van der Waals surface area contributed by atoms with E-state index >= 15 is 0 Å². The number of rotatable bonds is 3. The van der Waals surface area contributed by atoms with Crippen molar-refractivity contribution in [1.82, 2.24) is 0 Å². The Hall–Kier alpha value is -1.26. The molecule has 1 N–H and O–H groups in total. The van der Waals surface area contributed by atoms with Gasteiger partial charge in [-0.25, -0.2) is 0 Å². The lowest BCUT2D eigenvalue weighted by Crippen LogP contribution is -2.26. The molecule has 1 aromatic rings. The van der Waals surface area contributed by atoms with Gasteiger partial charge in [-0.15, -0.1) is 0 Å². The molecule has 0 aliphatic carbocycles. The molecule has 1 aliphatic rings. The van der Waals surface area contributed by atoms with Crippen LogP contribution in [0.3, 0.4) is 0 Å². The number of carbonyl (C=O) groups is 1. The molecule has 1 aromatic carbocycles. The van der Waals surface area contributed by atoms with Crippen LogP contribution in [0.4, 0.5) is 11.4 Å². The molecule has 5 heteroatoms. The number of amides is 1. The van der Waals surface area contributed by atoms with Gasteiger partial charge in [0.2, 0.25) is 0 Å². The maximum atomic E-state index is 11.9. The highest BCUT2D eigenvalue weighted by molar-refractivity contribution is 6.33. The van der Waals surface area contributed by atoms with Crippen LogP contribution in [0.5, 0.6) is 0 Å². The van der Waals surface area contributed by atoms with E-state index in [4.69, 9.17) is 16.3 Å². The molecule has 1 aliphatic heterocycles. The average Bonchev–Trinajstić information content (AvgIpc) is 2.81. The molecule has 4 nitrogen and oxygen atoms in total. The summed E-state index contributed by atoms with van der Waals surface area (Å²) in [6.07, 6.45) is 1.41. The van der Waals surface area contributed by atoms with Gasteiger partial charge in [0.25, 0.3) is 5.91 Å². The molecule has 1 heterocycles. The molecule has 0 saturated carbocycles. The van der Waals surface area contributed by atoms with Crippen LogP contribution in [0.15, 0.2) is 18.2 Å². The smallest absolute Gasteiger partial charge is 0.253 e. The minimum absolute atomic E-state index is 0.0961.